The molecule has 2 rings (SSSR count). The quantitative estimate of drug-likeness (QED) is 0.860. The van der Waals surface area contributed by atoms with E-state index in [1.165, 1.54) is 0 Å². The van der Waals surface area contributed by atoms with Crippen molar-refractivity contribution in [1.29, 1.82) is 0 Å². The highest BCUT2D eigenvalue weighted by molar-refractivity contribution is 5.98. The number of hydrogen-bond acceptors (Lipinski definition) is 3. The standard InChI is InChI=1S/C20H30N2O3/c1-13(2)11-17(20(25)22-10-9-15(4)18(23)12-22)21-19(24)16-8-6-5-7-14(16)3/h5-8,13,15,17-18,23H,9-12H2,1-4H3,(H,21,24). The van der Waals surface area contributed by atoms with Gasteiger partial charge in [-0.25, -0.2) is 0 Å². The van der Waals surface area contributed by atoms with Crippen LogP contribution in [0, 0.1) is 18.8 Å². The molecule has 0 saturated carbocycles. The number of aliphatic hydroxyl groups excluding tert-OH is 1. The minimum Gasteiger partial charge on any atom is -0.391 e. The molecule has 0 spiro atoms. The van der Waals surface area contributed by atoms with Gasteiger partial charge in [-0.3, -0.25) is 9.59 Å². The van der Waals surface area contributed by atoms with Gasteiger partial charge in [0.15, 0.2) is 0 Å². The summed E-state index contributed by atoms with van der Waals surface area (Å²) in [5.41, 5.74) is 1.48. The normalized spacial score (nSPS) is 21.9. The number of β-amino-alcohol motifs (C(OH)–C–C–N with tert-alkyl or cyclic N) is 1. The lowest BCUT2D eigenvalue weighted by molar-refractivity contribution is -0.137. The van der Waals surface area contributed by atoms with Gasteiger partial charge in [-0.1, -0.05) is 39.0 Å². The first-order valence-corrected chi connectivity index (χ1v) is 9.13. The first kappa shape index (κ1) is 19.4. The third-order valence-corrected chi connectivity index (χ3v) is 4.93. The maximum atomic E-state index is 12.9. The fourth-order valence-corrected chi connectivity index (χ4v) is 3.23. The topological polar surface area (TPSA) is 69.6 Å². The van der Waals surface area contributed by atoms with Gasteiger partial charge in [0.2, 0.25) is 5.91 Å². The van der Waals surface area contributed by atoms with Crippen LogP contribution < -0.4 is 5.32 Å². The summed E-state index contributed by atoms with van der Waals surface area (Å²) >= 11 is 0. The molecule has 1 aliphatic rings. The average Bonchev–Trinajstić information content (AvgIpc) is 2.56. The predicted octanol–water partition coefficient (Wildman–Crippen LogP) is 2.37. The Kier molecular flexibility index (Phi) is 6.59. The molecule has 1 aliphatic heterocycles. The summed E-state index contributed by atoms with van der Waals surface area (Å²) in [4.78, 5) is 27.3. The van der Waals surface area contributed by atoms with Crippen LogP contribution in [0.5, 0.6) is 0 Å². The number of nitrogens with one attached hydrogen (secondary N) is 1. The number of amides is 2. The number of likely N-dealkylation sites (tertiary alicyclic amines) is 1. The second-order valence-corrected chi connectivity index (χ2v) is 7.59. The number of carbonyl (C=O) groups is 2. The van der Waals surface area contributed by atoms with E-state index < -0.39 is 12.1 Å². The molecule has 0 radical (unpaired) electrons. The molecule has 3 atom stereocenters. The van der Waals surface area contributed by atoms with E-state index in [0.29, 0.717) is 25.1 Å². The van der Waals surface area contributed by atoms with Crippen LogP contribution in [0.1, 0.15) is 49.5 Å². The van der Waals surface area contributed by atoms with Crippen LogP contribution >= 0.6 is 0 Å². The highest BCUT2D eigenvalue weighted by atomic mass is 16.3. The number of piperidine rings is 1. The van der Waals surface area contributed by atoms with Gasteiger partial charge in [0.25, 0.3) is 5.91 Å². The monoisotopic (exact) mass is 346 g/mol. The minimum absolute atomic E-state index is 0.0958. The summed E-state index contributed by atoms with van der Waals surface area (Å²) in [6, 6.07) is 6.81. The number of aryl methyl sites for hydroxylation is 1. The number of hydrogen-bond donors (Lipinski definition) is 2. The van der Waals surface area contributed by atoms with Gasteiger partial charge in [-0.05, 0) is 43.2 Å². The Morgan fingerprint density at radius 3 is 2.60 bits per heavy atom. The van der Waals surface area contributed by atoms with E-state index in [9.17, 15) is 14.7 Å². The van der Waals surface area contributed by atoms with Gasteiger partial charge in [-0.2, -0.15) is 0 Å². The molecule has 1 fully saturated rings. The van der Waals surface area contributed by atoms with Crippen LogP contribution in [0.2, 0.25) is 0 Å². The molecule has 138 valence electrons. The number of carbonyl (C=O) groups excluding carboxylic acids is 2. The molecule has 1 heterocycles. The Morgan fingerprint density at radius 1 is 1.32 bits per heavy atom. The molecule has 0 aromatic heterocycles. The molecular formula is C20H30N2O3. The summed E-state index contributed by atoms with van der Waals surface area (Å²) in [6.07, 6.45) is 0.871. The van der Waals surface area contributed by atoms with Crippen molar-refractivity contribution >= 4 is 11.8 Å². The van der Waals surface area contributed by atoms with Crippen LogP contribution in [-0.2, 0) is 4.79 Å². The zero-order chi connectivity index (χ0) is 18.6. The first-order chi connectivity index (χ1) is 11.8. The lowest BCUT2D eigenvalue weighted by Crippen LogP contribution is -2.54. The van der Waals surface area contributed by atoms with Gasteiger partial charge in [0, 0.05) is 18.7 Å². The van der Waals surface area contributed by atoms with Crippen molar-refractivity contribution in [2.45, 2.75) is 52.7 Å². The summed E-state index contributed by atoms with van der Waals surface area (Å²) in [6.45, 7) is 8.93. The molecule has 3 unspecified atom stereocenters. The number of aliphatic hydroxyl groups is 1. The molecule has 0 bridgehead atoms. The Hall–Kier alpha value is -1.88. The SMILES string of the molecule is Cc1ccccc1C(=O)NC(CC(C)C)C(=O)N1CCC(C)C(O)C1. The summed E-state index contributed by atoms with van der Waals surface area (Å²) < 4.78 is 0. The smallest absolute Gasteiger partial charge is 0.252 e. The Labute approximate surface area is 150 Å². The fourth-order valence-electron chi connectivity index (χ4n) is 3.23. The maximum absolute atomic E-state index is 12.9. The lowest BCUT2D eigenvalue weighted by atomic mass is 9.94. The van der Waals surface area contributed by atoms with Gasteiger partial charge in [0.05, 0.1) is 6.10 Å². The van der Waals surface area contributed by atoms with Crippen molar-refractivity contribution in [3.63, 3.8) is 0 Å². The van der Waals surface area contributed by atoms with E-state index in [4.69, 9.17) is 0 Å². The fraction of sp³-hybridized carbons (Fsp3) is 0.600. The third kappa shape index (κ3) is 5.05. The zero-order valence-corrected chi connectivity index (χ0v) is 15.7. The molecule has 25 heavy (non-hydrogen) atoms. The second kappa shape index (κ2) is 8.48. The van der Waals surface area contributed by atoms with Gasteiger partial charge < -0.3 is 15.3 Å². The molecule has 1 aromatic rings. The van der Waals surface area contributed by atoms with E-state index in [-0.39, 0.29) is 23.7 Å². The van der Waals surface area contributed by atoms with Crippen molar-refractivity contribution in [3.05, 3.63) is 35.4 Å². The number of nitrogens with zero attached hydrogens (tertiary/aromatic N) is 1. The van der Waals surface area contributed by atoms with E-state index >= 15 is 0 Å². The van der Waals surface area contributed by atoms with E-state index in [1.807, 2.05) is 45.9 Å². The summed E-state index contributed by atoms with van der Waals surface area (Å²) in [7, 11) is 0. The van der Waals surface area contributed by atoms with Gasteiger partial charge >= 0.3 is 0 Å². The third-order valence-electron chi connectivity index (χ3n) is 4.93. The van der Waals surface area contributed by atoms with Crippen molar-refractivity contribution in [3.8, 4) is 0 Å². The highest BCUT2D eigenvalue weighted by Gasteiger charge is 2.32. The average molecular weight is 346 g/mol. The van der Waals surface area contributed by atoms with E-state index in [0.717, 1.165) is 12.0 Å². The second-order valence-electron chi connectivity index (χ2n) is 7.59. The van der Waals surface area contributed by atoms with Gasteiger partial charge in [-0.15, -0.1) is 0 Å². The molecule has 0 aliphatic carbocycles. The summed E-state index contributed by atoms with van der Waals surface area (Å²) in [5, 5.41) is 13.0. The van der Waals surface area contributed by atoms with Crippen LogP contribution in [0.15, 0.2) is 24.3 Å². The van der Waals surface area contributed by atoms with Crippen LogP contribution in [0.3, 0.4) is 0 Å². The molecule has 1 saturated heterocycles. The predicted molar refractivity (Wildman–Crippen MR) is 98.3 cm³/mol. The number of rotatable bonds is 5. The summed E-state index contributed by atoms with van der Waals surface area (Å²) in [5.74, 6) is 0.165. The van der Waals surface area contributed by atoms with Crippen molar-refractivity contribution < 1.29 is 14.7 Å². The molecular weight excluding hydrogens is 316 g/mol. The molecule has 1 aromatic carbocycles. The largest absolute Gasteiger partial charge is 0.391 e. The van der Waals surface area contributed by atoms with Crippen molar-refractivity contribution in [2.75, 3.05) is 13.1 Å². The Morgan fingerprint density at radius 2 is 2.00 bits per heavy atom. The first-order valence-electron chi connectivity index (χ1n) is 9.13. The highest BCUT2D eigenvalue weighted by Crippen LogP contribution is 2.19. The lowest BCUT2D eigenvalue weighted by Gasteiger charge is -2.36. The maximum Gasteiger partial charge on any atom is 0.252 e. The Bertz CT molecular complexity index is 615. The number of benzene rings is 1. The molecule has 5 heteroatoms. The van der Waals surface area contributed by atoms with Crippen molar-refractivity contribution in [1.82, 2.24) is 10.2 Å². The Balaban J connectivity index is 2.11. The van der Waals surface area contributed by atoms with E-state index in [2.05, 4.69) is 5.32 Å². The molecule has 5 nitrogen and oxygen atoms in total. The van der Waals surface area contributed by atoms with Crippen LogP contribution in [0.4, 0.5) is 0 Å². The molecule has 2 N–H and O–H groups in total. The zero-order valence-electron chi connectivity index (χ0n) is 15.7. The van der Waals surface area contributed by atoms with E-state index in [1.54, 1.807) is 11.0 Å². The van der Waals surface area contributed by atoms with Crippen LogP contribution in [0.25, 0.3) is 0 Å². The van der Waals surface area contributed by atoms with Crippen LogP contribution in [-0.4, -0.2) is 47.1 Å². The van der Waals surface area contributed by atoms with Crippen molar-refractivity contribution in [2.24, 2.45) is 11.8 Å². The van der Waals surface area contributed by atoms with Gasteiger partial charge in [0.1, 0.15) is 6.04 Å². The minimum atomic E-state index is -0.562. The molecule has 2 amide bonds.